The number of benzene rings is 1. The molecule has 0 radical (unpaired) electrons. The first-order valence-corrected chi connectivity index (χ1v) is 8.60. The molecular weight excluding hydrogens is 290 g/mol. The van der Waals surface area contributed by atoms with Crippen molar-refractivity contribution in [3.8, 4) is 11.5 Å². The Balaban J connectivity index is 1.48. The monoisotopic (exact) mass is 313 g/mol. The first kappa shape index (κ1) is 14.8. The van der Waals surface area contributed by atoms with Crippen LogP contribution >= 0.6 is 0 Å². The van der Waals surface area contributed by atoms with E-state index in [1.54, 1.807) is 0 Å². The zero-order chi connectivity index (χ0) is 15.5. The minimum absolute atomic E-state index is 0.493. The lowest BCUT2D eigenvalue weighted by atomic mass is 9.94. The van der Waals surface area contributed by atoms with Gasteiger partial charge in [-0.15, -0.1) is 0 Å². The molecule has 0 aliphatic carbocycles. The molecule has 1 aromatic carbocycles. The Hall–Kier alpha value is -1.72. The molecule has 1 unspecified atom stereocenters. The number of hydrogen-bond donors (Lipinski definition) is 1. The molecule has 2 saturated heterocycles. The third-order valence-corrected chi connectivity index (χ3v) is 4.93. The van der Waals surface area contributed by atoms with E-state index in [0.717, 1.165) is 50.5 Å². The summed E-state index contributed by atoms with van der Waals surface area (Å²) >= 11 is 0. The molecule has 0 spiro atoms. The predicted octanol–water partition coefficient (Wildman–Crippen LogP) is 2.78. The number of nitrogens with zero attached hydrogens (tertiary/aromatic N) is 2. The first-order valence-electron chi connectivity index (χ1n) is 8.60. The molecule has 0 bridgehead atoms. The Kier molecular flexibility index (Phi) is 4.39. The van der Waals surface area contributed by atoms with Crippen LogP contribution in [0.25, 0.3) is 11.5 Å². The van der Waals surface area contributed by atoms with E-state index in [9.17, 15) is 0 Å². The second-order valence-electron chi connectivity index (χ2n) is 6.60. The summed E-state index contributed by atoms with van der Waals surface area (Å²) in [6.45, 7) is 3.87. The molecule has 23 heavy (non-hydrogen) atoms. The lowest BCUT2D eigenvalue weighted by molar-refractivity contribution is 0.194. The Labute approximate surface area is 136 Å². The van der Waals surface area contributed by atoms with Gasteiger partial charge in [-0.2, -0.15) is 4.98 Å². The van der Waals surface area contributed by atoms with Crippen LogP contribution in [0, 0.1) is 5.92 Å². The number of piperidine rings is 1. The van der Waals surface area contributed by atoms with Gasteiger partial charge < -0.3 is 14.6 Å². The molecule has 5 heteroatoms. The quantitative estimate of drug-likeness (QED) is 0.940. The van der Waals surface area contributed by atoms with Crippen molar-refractivity contribution in [2.45, 2.75) is 31.6 Å². The van der Waals surface area contributed by atoms with Crippen LogP contribution in [0.3, 0.4) is 0 Å². The summed E-state index contributed by atoms with van der Waals surface area (Å²) in [5.74, 6) is 2.63. The molecule has 4 rings (SSSR count). The van der Waals surface area contributed by atoms with E-state index < -0.39 is 0 Å². The van der Waals surface area contributed by atoms with Crippen molar-refractivity contribution in [3.63, 3.8) is 0 Å². The highest BCUT2D eigenvalue weighted by Crippen LogP contribution is 2.28. The Morgan fingerprint density at radius 3 is 2.91 bits per heavy atom. The lowest BCUT2D eigenvalue weighted by Gasteiger charge is -2.20. The zero-order valence-corrected chi connectivity index (χ0v) is 13.3. The van der Waals surface area contributed by atoms with Gasteiger partial charge in [-0.3, -0.25) is 0 Å². The van der Waals surface area contributed by atoms with Crippen molar-refractivity contribution in [1.82, 2.24) is 15.5 Å². The second kappa shape index (κ2) is 6.81. The molecule has 1 N–H and O–H groups in total. The maximum absolute atomic E-state index is 5.50. The largest absolute Gasteiger partial charge is 0.381 e. The maximum Gasteiger partial charge on any atom is 0.257 e. The van der Waals surface area contributed by atoms with E-state index in [1.165, 1.54) is 18.4 Å². The smallest absolute Gasteiger partial charge is 0.257 e. The fourth-order valence-corrected chi connectivity index (χ4v) is 3.52. The van der Waals surface area contributed by atoms with E-state index in [0.29, 0.717) is 17.7 Å². The molecule has 2 fully saturated rings. The summed E-state index contributed by atoms with van der Waals surface area (Å²) in [7, 11) is 0. The molecule has 122 valence electrons. The van der Waals surface area contributed by atoms with Crippen LogP contribution in [-0.2, 0) is 11.2 Å². The molecule has 0 amide bonds. The summed E-state index contributed by atoms with van der Waals surface area (Å²) in [4.78, 5) is 4.61. The van der Waals surface area contributed by atoms with Gasteiger partial charge in [-0.1, -0.05) is 17.3 Å². The molecule has 2 aliphatic heterocycles. The van der Waals surface area contributed by atoms with Gasteiger partial charge in [0.2, 0.25) is 0 Å². The van der Waals surface area contributed by atoms with Crippen LogP contribution in [0.2, 0.25) is 0 Å². The van der Waals surface area contributed by atoms with Crippen LogP contribution in [0.5, 0.6) is 0 Å². The summed E-state index contributed by atoms with van der Waals surface area (Å²) < 4.78 is 11.0. The molecule has 5 nitrogen and oxygen atoms in total. The summed E-state index contributed by atoms with van der Waals surface area (Å²) in [5, 5.41) is 7.57. The fourth-order valence-electron chi connectivity index (χ4n) is 3.52. The van der Waals surface area contributed by atoms with Crippen molar-refractivity contribution >= 4 is 0 Å². The van der Waals surface area contributed by atoms with E-state index in [-0.39, 0.29) is 0 Å². The highest BCUT2D eigenvalue weighted by Gasteiger charge is 2.20. The topological polar surface area (TPSA) is 60.2 Å². The third-order valence-electron chi connectivity index (χ3n) is 4.93. The van der Waals surface area contributed by atoms with Crippen molar-refractivity contribution < 1.29 is 9.26 Å². The number of ether oxygens (including phenoxy) is 1. The summed E-state index contributed by atoms with van der Waals surface area (Å²) in [5.41, 5.74) is 2.32. The third kappa shape index (κ3) is 3.46. The standard InChI is InChI=1S/C18H23N3O2/c1-2-14(16-6-9-22-12-16)11-15(3-1)18-20-17(21-23-18)10-13-4-7-19-8-5-13/h1-3,11,13,16,19H,4-10,12H2. The molecule has 2 aromatic rings. The van der Waals surface area contributed by atoms with E-state index >= 15 is 0 Å². The van der Waals surface area contributed by atoms with Crippen molar-refractivity contribution in [1.29, 1.82) is 0 Å². The fraction of sp³-hybridized carbons (Fsp3) is 0.556. The first-order chi connectivity index (χ1) is 11.4. The predicted molar refractivity (Wildman–Crippen MR) is 87.2 cm³/mol. The highest BCUT2D eigenvalue weighted by molar-refractivity contribution is 5.54. The van der Waals surface area contributed by atoms with Gasteiger partial charge >= 0.3 is 0 Å². The van der Waals surface area contributed by atoms with E-state index in [2.05, 4.69) is 33.7 Å². The highest BCUT2D eigenvalue weighted by atomic mass is 16.5. The lowest BCUT2D eigenvalue weighted by Crippen LogP contribution is -2.28. The Bertz CT molecular complexity index is 643. The van der Waals surface area contributed by atoms with Gasteiger partial charge in [0.15, 0.2) is 5.82 Å². The number of aromatic nitrogens is 2. The Morgan fingerprint density at radius 1 is 1.17 bits per heavy atom. The molecular formula is C18H23N3O2. The van der Waals surface area contributed by atoms with E-state index in [1.807, 2.05) is 6.07 Å². The molecule has 1 aromatic heterocycles. The Morgan fingerprint density at radius 2 is 2.09 bits per heavy atom. The van der Waals surface area contributed by atoms with Gasteiger partial charge in [0.25, 0.3) is 5.89 Å². The summed E-state index contributed by atoms with van der Waals surface area (Å²) in [6, 6.07) is 8.44. The SMILES string of the molecule is c1cc(-c2nc(CC3CCNCC3)no2)cc(C2CCOC2)c1. The van der Waals surface area contributed by atoms with Gasteiger partial charge in [-0.25, -0.2) is 0 Å². The minimum atomic E-state index is 0.493. The van der Waals surface area contributed by atoms with Crippen LogP contribution in [0.4, 0.5) is 0 Å². The van der Waals surface area contributed by atoms with Crippen LogP contribution < -0.4 is 5.32 Å². The van der Waals surface area contributed by atoms with Crippen molar-refractivity contribution in [2.75, 3.05) is 26.3 Å². The number of rotatable bonds is 4. The summed E-state index contributed by atoms with van der Waals surface area (Å²) in [6.07, 6.45) is 4.40. The average Bonchev–Trinajstić information content (AvgIpc) is 3.28. The zero-order valence-electron chi connectivity index (χ0n) is 13.3. The normalized spacial score (nSPS) is 22.5. The molecule has 0 saturated carbocycles. The number of hydrogen-bond acceptors (Lipinski definition) is 5. The average molecular weight is 313 g/mol. The van der Waals surface area contributed by atoms with Gasteiger partial charge in [-0.05, 0) is 56.0 Å². The van der Waals surface area contributed by atoms with Crippen molar-refractivity contribution in [3.05, 3.63) is 35.7 Å². The van der Waals surface area contributed by atoms with Crippen molar-refractivity contribution in [2.24, 2.45) is 5.92 Å². The van der Waals surface area contributed by atoms with Gasteiger partial charge in [0, 0.05) is 24.5 Å². The van der Waals surface area contributed by atoms with E-state index in [4.69, 9.17) is 9.26 Å². The molecule has 3 heterocycles. The van der Waals surface area contributed by atoms with Crippen LogP contribution in [-0.4, -0.2) is 36.4 Å². The number of nitrogens with one attached hydrogen (secondary N) is 1. The van der Waals surface area contributed by atoms with Crippen LogP contribution in [0.15, 0.2) is 28.8 Å². The minimum Gasteiger partial charge on any atom is -0.381 e. The maximum atomic E-state index is 5.50. The second-order valence-corrected chi connectivity index (χ2v) is 6.60. The molecule has 2 aliphatic rings. The van der Waals surface area contributed by atoms with Gasteiger partial charge in [0.1, 0.15) is 0 Å². The molecule has 1 atom stereocenters. The van der Waals surface area contributed by atoms with Gasteiger partial charge in [0.05, 0.1) is 6.61 Å². The van der Waals surface area contributed by atoms with Crippen LogP contribution in [0.1, 0.15) is 36.6 Å².